The van der Waals surface area contributed by atoms with E-state index in [1.165, 1.54) is 0 Å². The van der Waals surface area contributed by atoms with E-state index in [-0.39, 0.29) is 10.3 Å². The van der Waals surface area contributed by atoms with Gasteiger partial charge in [-0.1, -0.05) is 0 Å². The molecule has 0 bridgehead atoms. The Kier molecular flexibility index (Phi) is 3.90. The Labute approximate surface area is 86.1 Å². The van der Waals surface area contributed by atoms with Crippen LogP contribution in [0, 0.1) is 0 Å². The van der Waals surface area contributed by atoms with E-state index < -0.39 is 6.84 Å². The van der Waals surface area contributed by atoms with Crippen LogP contribution in [0.4, 0.5) is 0 Å². The molecule has 0 radical (unpaired) electrons. The van der Waals surface area contributed by atoms with Crippen LogP contribution in [0.3, 0.4) is 0 Å². The standard InChI is InChI=1S/C8H19Cl2OP/c1-7(2,3)12(10,11-9)8(4,5)6/h12H,1-6H3. The summed E-state index contributed by atoms with van der Waals surface area (Å²) in [5.41, 5.74) is 0. The van der Waals surface area contributed by atoms with Gasteiger partial charge in [0.1, 0.15) is 0 Å². The zero-order chi connectivity index (χ0) is 10.2. The fraction of sp³-hybridized carbons (Fsp3) is 1.00. The van der Waals surface area contributed by atoms with Gasteiger partial charge in [-0.05, 0) is 0 Å². The Morgan fingerprint density at radius 2 is 1.17 bits per heavy atom. The number of hydrogen-bond acceptors (Lipinski definition) is 1. The molecule has 0 rings (SSSR count). The predicted molar refractivity (Wildman–Crippen MR) is 60.6 cm³/mol. The first-order valence-corrected chi connectivity index (χ1v) is 7.28. The molecule has 0 aromatic carbocycles. The number of hydrogen-bond donors (Lipinski definition) is 0. The molecule has 0 heterocycles. The molecule has 0 saturated heterocycles. The van der Waals surface area contributed by atoms with Gasteiger partial charge in [-0.3, -0.25) is 0 Å². The van der Waals surface area contributed by atoms with E-state index in [0.717, 1.165) is 0 Å². The van der Waals surface area contributed by atoms with Crippen molar-refractivity contribution in [2.75, 3.05) is 0 Å². The van der Waals surface area contributed by atoms with E-state index in [1.807, 2.05) is 0 Å². The van der Waals surface area contributed by atoms with Gasteiger partial charge in [-0.2, -0.15) is 0 Å². The SMILES string of the molecule is CC(C)(C)[PH](Cl)(OCl)C(C)(C)C. The summed E-state index contributed by atoms with van der Waals surface area (Å²) in [6.07, 6.45) is 0. The first-order valence-electron chi connectivity index (χ1n) is 4.05. The van der Waals surface area contributed by atoms with Crippen LogP contribution in [0.25, 0.3) is 0 Å². The summed E-state index contributed by atoms with van der Waals surface area (Å²) < 4.78 is 5.04. The van der Waals surface area contributed by atoms with Crippen LogP contribution in [0.5, 0.6) is 0 Å². The predicted octanol–water partition coefficient (Wildman–Crippen LogP) is 4.57. The molecule has 76 valence electrons. The van der Waals surface area contributed by atoms with E-state index >= 15 is 0 Å². The summed E-state index contributed by atoms with van der Waals surface area (Å²) in [6, 6.07) is 0. The summed E-state index contributed by atoms with van der Waals surface area (Å²) in [4.78, 5) is 0. The average Bonchev–Trinajstić information content (AvgIpc) is 1.81. The Bertz CT molecular complexity index is 143. The summed E-state index contributed by atoms with van der Waals surface area (Å²) in [5, 5.41) is -0.122. The third kappa shape index (κ3) is 2.26. The maximum absolute atomic E-state index is 6.46. The van der Waals surface area contributed by atoms with Crippen molar-refractivity contribution in [2.45, 2.75) is 51.9 Å². The van der Waals surface area contributed by atoms with Gasteiger partial charge in [0, 0.05) is 0 Å². The topological polar surface area (TPSA) is 9.23 Å². The molecule has 0 saturated carbocycles. The van der Waals surface area contributed by atoms with Crippen molar-refractivity contribution in [3.63, 3.8) is 0 Å². The molecular formula is C8H19Cl2OP. The number of halogens is 2. The molecule has 0 aromatic rings. The molecule has 0 aromatic heterocycles. The minimum atomic E-state index is -2.39. The van der Waals surface area contributed by atoms with Gasteiger partial charge >= 0.3 is 85.9 Å². The molecule has 0 amide bonds. The second-order valence-electron chi connectivity index (χ2n) is 5.17. The minimum absolute atomic E-state index is 0.0610. The third-order valence-corrected chi connectivity index (χ3v) is 10.7. The van der Waals surface area contributed by atoms with E-state index in [9.17, 15) is 0 Å². The van der Waals surface area contributed by atoms with Gasteiger partial charge < -0.3 is 0 Å². The first kappa shape index (κ1) is 13.0. The van der Waals surface area contributed by atoms with Crippen LogP contribution in [0.15, 0.2) is 0 Å². The molecule has 0 aliphatic carbocycles. The second-order valence-corrected chi connectivity index (χ2v) is 11.6. The molecule has 0 atom stereocenters. The van der Waals surface area contributed by atoms with Crippen LogP contribution >= 0.6 is 29.9 Å². The monoisotopic (exact) mass is 232 g/mol. The maximum atomic E-state index is 6.46. The molecule has 0 spiro atoms. The van der Waals surface area contributed by atoms with E-state index in [4.69, 9.17) is 27.2 Å². The molecule has 12 heavy (non-hydrogen) atoms. The second kappa shape index (κ2) is 3.61. The van der Waals surface area contributed by atoms with Gasteiger partial charge in [-0.25, -0.2) is 0 Å². The molecule has 0 aliphatic rings. The Morgan fingerprint density at radius 3 is 1.17 bits per heavy atom. The fourth-order valence-corrected chi connectivity index (χ4v) is 5.46. The summed E-state index contributed by atoms with van der Waals surface area (Å²) in [6.45, 7) is 10.0. The molecule has 4 heteroatoms. The quantitative estimate of drug-likeness (QED) is 0.602. The first-order chi connectivity index (χ1) is 5.06. The third-order valence-electron chi connectivity index (χ3n) is 2.04. The molecule has 0 fully saturated rings. The number of rotatable bonds is 1. The van der Waals surface area contributed by atoms with Crippen molar-refractivity contribution < 1.29 is 4.08 Å². The average molecular weight is 233 g/mol. The van der Waals surface area contributed by atoms with Crippen molar-refractivity contribution in [1.29, 1.82) is 0 Å². The van der Waals surface area contributed by atoms with E-state index in [0.29, 0.717) is 0 Å². The molecule has 0 aliphatic heterocycles. The van der Waals surface area contributed by atoms with Gasteiger partial charge in [-0.15, -0.1) is 0 Å². The Morgan fingerprint density at radius 1 is 0.917 bits per heavy atom. The normalized spacial score (nSPS) is 16.3. The summed E-state index contributed by atoms with van der Waals surface area (Å²) in [7, 11) is 0. The molecule has 1 nitrogen and oxygen atoms in total. The van der Waals surface area contributed by atoms with Gasteiger partial charge in [0.25, 0.3) is 0 Å². The van der Waals surface area contributed by atoms with Crippen molar-refractivity contribution in [1.82, 2.24) is 0 Å². The van der Waals surface area contributed by atoms with Crippen molar-refractivity contribution >= 4 is 29.9 Å². The van der Waals surface area contributed by atoms with Crippen LogP contribution in [-0.4, -0.2) is 10.3 Å². The summed E-state index contributed by atoms with van der Waals surface area (Å²) in [5.74, 6) is 0. The van der Waals surface area contributed by atoms with Crippen LogP contribution in [0.2, 0.25) is 0 Å². The fourth-order valence-electron chi connectivity index (χ4n) is 1.36. The van der Waals surface area contributed by atoms with Crippen LogP contribution in [0.1, 0.15) is 41.5 Å². The van der Waals surface area contributed by atoms with E-state index in [1.54, 1.807) is 0 Å². The Balaban J connectivity index is 4.95. The summed E-state index contributed by atoms with van der Waals surface area (Å²) >= 11 is 12.0. The molecule has 0 unspecified atom stereocenters. The zero-order valence-electron chi connectivity index (χ0n) is 8.66. The van der Waals surface area contributed by atoms with Crippen LogP contribution < -0.4 is 0 Å². The van der Waals surface area contributed by atoms with Crippen molar-refractivity contribution in [3.05, 3.63) is 0 Å². The van der Waals surface area contributed by atoms with Gasteiger partial charge in [0.05, 0.1) is 0 Å². The van der Waals surface area contributed by atoms with Crippen LogP contribution in [-0.2, 0) is 4.08 Å². The zero-order valence-corrected chi connectivity index (χ0v) is 11.2. The Hall–Kier alpha value is 0.970. The molecular weight excluding hydrogens is 214 g/mol. The van der Waals surface area contributed by atoms with Gasteiger partial charge in [0.2, 0.25) is 0 Å². The van der Waals surface area contributed by atoms with Crippen molar-refractivity contribution in [3.8, 4) is 0 Å². The van der Waals surface area contributed by atoms with Crippen molar-refractivity contribution in [2.24, 2.45) is 0 Å². The van der Waals surface area contributed by atoms with Gasteiger partial charge in [0.15, 0.2) is 0 Å². The molecule has 0 N–H and O–H groups in total. The van der Waals surface area contributed by atoms with E-state index in [2.05, 4.69) is 41.5 Å².